The number of carbonyl (C=O) groups excluding carboxylic acids is 1. The first-order valence-corrected chi connectivity index (χ1v) is 8.94. The van der Waals surface area contributed by atoms with Crippen LogP contribution in [0, 0.1) is 0 Å². The van der Waals surface area contributed by atoms with Gasteiger partial charge in [-0.05, 0) is 44.0 Å². The Labute approximate surface area is 153 Å². The van der Waals surface area contributed by atoms with Gasteiger partial charge >= 0.3 is 0 Å². The molecule has 2 heterocycles. The molecule has 0 bridgehead atoms. The Morgan fingerprint density at radius 3 is 2.96 bits per heavy atom. The van der Waals surface area contributed by atoms with E-state index in [0.29, 0.717) is 36.8 Å². The summed E-state index contributed by atoms with van der Waals surface area (Å²) in [6.07, 6.45) is 5.64. The second kappa shape index (κ2) is 9.20. The first-order valence-electron chi connectivity index (χ1n) is 8.94. The molecule has 1 fully saturated rings. The van der Waals surface area contributed by atoms with Gasteiger partial charge in [0.1, 0.15) is 6.61 Å². The van der Waals surface area contributed by atoms with Crippen molar-refractivity contribution >= 4 is 5.91 Å². The standard InChI is InChI=1S/C20H24N2O4/c1-2-24-19-11-16(20(23)22-13-17-6-4-10-25-17)7-8-18(19)26-14-15-5-3-9-21-12-15/h3,5,7-9,11-12,17H,2,4,6,10,13-14H2,1H3,(H,22,23). The zero-order valence-corrected chi connectivity index (χ0v) is 14.9. The van der Waals surface area contributed by atoms with Gasteiger partial charge in [-0.2, -0.15) is 0 Å². The van der Waals surface area contributed by atoms with Crippen LogP contribution in [0.4, 0.5) is 0 Å². The number of carbonyl (C=O) groups is 1. The van der Waals surface area contributed by atoms with E-state index in [0.717, 1.165) is 25.0 Å². The second-order valence-electron chi connectivity index (χ2n) is 6.09. The van der Waals surface area contributed by atoms with Gasteiger partial charge in [-0.1, -0.05) is 6.07 Å². The summed E-state index contributed by atoms with van der Waals surface area (Å²) in [6, 6.07) is 9.03. The van der Waals surface area contributed by atoms with Gasteiger partial charge in [-0.25, -0.2) is 0 Å². The molecule has 1 amide bonds. The number of nitrogens with one attached hydrogen (secondary N) is 1. The summed E-state index contributed by atoms with van der Waals surface area (Å²) in [7, 11) is 0. The number of benzene rings is 1. The summed E-state index contributed by atoms with van der Waals surface area (Å²) < 4.78 is 17.0. The molecular formula is C20H24N2O4. The molecule has 1 aliphatic heterocycles. The lowest BCUT2D eigenvalue weighted by molar-refractivity contribution is 0.0857. The van der Waals surface area contributed by atoms with Crippen LogP contribution in [0.15, 0.2) is 42.7 Å². The van der Waals surface area contributed by atoms with Crippen molar-refractivity contribution in [2.75, 3.05) is 19.8 Å². The molecule has 3 rings (SSSR count). The van der Waals surface area contributed by atoms with Gasteiger partial charge in [-0.15, -0.1) is 0 Å². The smallest absolute Gasteiger partial charge is 0.251 e. The Morgan fingerprint density at radius 2 is 2.23 bits per heavy atom. The van der Waals surface area contributed by atoms with Crippen molar-refractivity contribution in [2.24, 2.45) is 0 Å². The van der Waals surface area contributed by atoms with E-state index in [1.54, 1.807) is 30.6 Å². The highest BCUT2D eigenvalue weighted by molar-refractivity contribution is 5.94. The number of hydrogen-bond donors (Lipinski definition) is 1. The maximum Gasteiger partial charge on any atom is 0.251 e. The molecule has 1 aromatic heterocycles. The minimum Gasteiger partial charge on any atom is -0.490 e. The average molecular weight is 356 g/mol. The molecule has 26 heavy (non-hydrogen) atoms. The lowest BCUT2D eigenvalue weighted by Gasteiger charge is -2.14. The molecule has 138 valence electrons. The molecule has 2 aromatic rings. The summed E-state index contributed by atoms with van der Waals surface area (Å²) in [5.74, 6) is 1.02. The normalized spacial score (nSPS) is 16.3. The highest BCUT2D eigenvalue weighted by atomic mass is 16.5. The number of ether oxygens (including phenoxy) is 3. The Kier molecular flexibility index (Phi) is 6.44. The van der Waals surface area contributed by atoms with Crippen molar-refractivity contribution in [2.45, 2.75) is 32.5 Å². The molecule has 0 aliphatic carbocycles. The van der Waals surface area contributed by atoms with Crippen molar-refractivity contribution in [3.63, 3.8) is 0 Å². The van der Waals surface area contributed by atoms with Crippen LogP contribution in [-0.2, 0) is 11.3 Å². The molecule has 0 radical (unpaired) electrons. The van der Waals surface area contributed by atoms with E-state index in [2.05, 4.69) is 10.3 Å². The SMILES string of the molecule is CCOc1cc(C(=O)NCC2CCCO2)ccc1OCc1cccnc1. The average Bonchev–Trinajstić information content (AvgIpc) is 3.20. The van der Waals surface area contributed by atoms with Gasteiger partial charge in [0.05, 0.1) is 12.7 Å². The lowest BCUT2D eigenvalue weighted by Crippen LogP contribution is -2.31. The molecule has 1 aliphatic rings. The van der Waals surface area contributed by atoms with Crippen LogP contribution in [-0.4, -0.2) is 36.8 Å². The summed E-state index contributed by atoms with van der Waals surface area (Å²) >= 11 is 0. The van der Waals surface area contributed by atoms with Crippen molar-refractivity contribution in [1.82, 2.24) is 10.3 Å². The molecular weight excluding hydrogens is 332 g/mol. The van der Waals surface area contributed by atoms with Crippen molar-refractivity contribution in [3.05, 3.63) is 53.9 Å². The zero-order chi connectivity index (χ0) is 18.2. The van der Waals surface area contributed by atoms with Gasteiger partial charge < -0.3 is 19.5 Å². The Bertz CT molecular complexity index is 715. The maximum absolute atomic E-state index is 12.4. The van der Waals surface area contributed by atoms with Crippen molar-refractivity contribution in [3.8, 4) is 11.5 Å². The Balaban J connectivity index is 1.64. The number of amides is 1. The minimum atomic E-state index is -0.139. The third-order valence-electron chi connectivity index (χ3n) is 4.14. The summed E-state index contributed by atoms with van der Waals surface area (Å²) in [5.41, 5.74) is 1.51. The van der Waals surface area contributed by atoms with Crippen LogP contribution in [0.1, 0.15) is 35.7 Å². The fourth-order valence-corrected chi connectivity index (χ4v) is 2.80. The first-order chi connectivity index (χ1) is 12.8. The number of aromatic nitrogens is 1. The van der Waals surface area contributed by atoms with E-state index in [4.69, 9.17) is 14.2 Å². The Morgan fingerprint density at radius 1 is 1.31 bits per heavy atom. The van der Waals surface area contributed by atoms with Crippen molar-refractivity contribution in [1.29, 1.82) is 0 Å². The highest BCUT2D eigenvalue weighted by Gasteiger charge is 2.17. The van der Waals surface area contributed by atoms with Gasteiger partial charge in [0, 0.05) is 36.7 Å². The monoisotopic (exact) mass is 356 g/mol. The summed E-state index contributed by atoms with van der Waals surface area (Å²) in [5, 5.41) is 2.92. The molecule has 1 N–H and O–H groups in total. The molecule has 6 nitrogen and oxygen atoms in total. The Hall–Kier alpha value is -2.60. The quantitative estimate of drug-likeness (QED) is 0.787. The second-order valence-corrected chi connectivity index (χ2v) is 6.09. The lowest BCUT2D eigenvalue weighted by atomic mass is 10.1. The molecule has 0 spiro atoms. The largest absolute Gasteiger partial charge is 0.490 e. The van der Waals surface area contributed by atoms with E-state index < -0.39 is 0 Å². The van der Waals surface area contributed by atoms with Crippen LogP contribution < -0.4 is 14.8 Å². The van der Waals surface area contributed by atoms with Gasteiger partial charge in [0.15, 0.2) is 11.5 Å². The van der Waals surface area contributed by atoms with Crippen molar-refractivity contribution < 1.29 is 19.0 Å². The van der Waals surface area contributed by atoms with E-state index in [-0.39, 0.29) is 12.0 Å². The fourth-order valence-electron chi connectivity index (χ4n) is 2.80. The number of pyridine rings is 1. The van der Waals surface area contributed by atoms with Crippen LogP contribution in [0.2, 0.25) is 0 Å². The van der Waals surface area contributed by atoms with Gasteiger partial charge in [0.25, 0.3) is 5.91 Å². The van der Waals surface area contributed by atoms with Crippen LogP contribution >= 0.6 is 0 Å². The predicted octanol–water partition coefficient (Wildman–Crippen LogP) is 2.97. The third-order valence-corrected chi connectivity index (χ3v) is 4.14. The maximum atomic E-state index is 12.4. The van der Waals surface area contributed by atoms with Crippen LogP contribution in [0.3, 0.4) is 0 Å². The molecule has 1 unspecified atom stereocenters. The first kappa shape index (κ1) is 18.2. The summed E-state index contributed by atoms with van der Waals surface area (Å²) in [6.45, 7) is 4.08. The van der Waals surface area contributed by atoms with Gasteiger partial charge in [0.2, 0.25) is 0 Å². The molecule has 1 atom stereocenters. The minimum absolute atomic E-state index is 0.118. The molecule has 1 aromatic carbocycles. The van der Waals surface area contributed by atoms with Crippen LogP contribution in [0.25, 0.3) is 0 Å². The number of nitrogens with zero attached hydrogens (tertiary/aromatic N) is 1. The third kappa shape index (κ3) is 4.95. The van der Waals surface area contributed by atoms with Crippen LogP contribution in [0.5, 0.6) is 11.5 Å². The van der Waals surface area contributed by atoms with E-state index in [9.17, 15) is 4.79 Å². The molecule has 6 heteroatoms. The number of rotatable bonds is 8. The van der Waals surface area contributed by atoms with E-state index >= 15 is 0 Å². The van der Waals surface area contributed by atoms with E-state index in [1.807, 2.05) is 19.1 Å². The molecule has 0 saturated carbocycles. The predicted molar refractivity (Wildman–Crippen MR) is 97.5 cm³/mol. The zero-order valence-electron chi connectivity index (χ0n) is 14.9. The number of hydrogen-bond acceptors (Lipinski definition) is 5. The topological polar surface area (TPSA) is 69.7 Å². The fraction of sp³-hybridized carbons (Fsp3) is 0.400. The molecule has 1 saturated heterocycles. The van der Waals surface area contributed by atoms with Gasteiger partial charge in [-0.3, -0.25) is 9.78 Å². The summed E-state index contributed by atoms with van der Waals surface area (Å²) in [4.78, 5) is 16.4. The highest BCUT2D eigenvalue weighted by Crippen LogP contribution is 2.29. The van der Waals surface area contributed by atoms with E-state index in [1.165, 1.54) is 0 Å².